The third-order valence-corrected chi connectivity index (χ3v) is 10.9. The lowest BCUT2D eigenvalue weighted by molar-refractivity contribution is -0.146. The molecule has 1 atom stereocenters. The zero-order valence-corrected chi connectivity index (χ0v) is 25.6. The number of nitrogens with zero attached hydrogens (tertiary/aromatic N) is 1. The minimum Gasteiger partial charge on any atom is -0.520 e. The van der Waals surface area contributed by atoms with Crippen LogP contribution in [-0.4, -0.2) is 68.9 Å². The monoisotopic (exact) mass is 493 g/mol. The van der Waals surface area contributed by atoms with E-state index in [1.807, 2.05) is 46.2 Å². The number of hydrogen-bond donors (Lipinski definition) is 0. The molecule has 0 radical (unpaired) electrons. The molecule has 178 valence electrons. The van der Waals surface area contributed by atoms with Gasteiger partial charge in [0, 0.05) is 6.61 Å². The summed E-state index contributed by atoms with van der Waals surface area (Å²) in [5.41, 5.74) is 0. The van der Waals surface area contributed by atoms with Crippen LogP contribution in [0.25, 0.3) is 0 Å². The Morgan fingerprint density at radius 2 is 1.33 bits per heavy atom. The van der Waals surface area contributed by atoms with Crippen LogP contribution in [0.5, 0.6) is 0 Å². The Morgan fingerprint density at radius 1 is 0.833 bits per heavy atom. The van der Waals surface area contributed by atoms with Gasteiger partial charge in [-0.05, 0) is 78.3 Å². The first-order valence-electron chi connectivity index (χ1n) is 11.1. The molecule has 0 aromatic heterocycles. The van der Waals surface area contributed by atoms with Gasteiger partial charge in [-0.2, -0.15) is 0 Å². The van der Waals surface area contributed by atoms with Crippen molar-refractivity contribution in [3.8, 4) is 0 Å². The van der Waals surface area contributed by atoms with E-state index in [-0.39, 0.29) is 18.4 Å². The first-order valence-corrected chi connectivity index (χ1v) is 24.5. The van der Waals surface area contributed by atoms with Crippen molar-refractivity contribution >= 4 is 45.1 Å². The van der Waals surface area contributed by atoms with Gasteiger partial charge in [0.2, 0.25) is 16.6 Å². The summed E-state index contributed by atoms with van der Waals surface area (Å²) in [7, 11) is -7.70. The van der Waals surface area contributed by atoms with Crippen molar-refractivity contribution in [1.82, 2.24) is 4.57 Å². The first-order chi connectivity index (χ1) is 13.3. The Morgan fingerprint density at radius 3 is 1.73 bits per heavy atom. The number of carbonyl (C=O) groups excluding carboxylic acids is 2. The van der Waals surface area contributed by atoms with Crippen molar-refractivity contribution in [1.29, 1.82) is 0 Å². The lowest BCUT2D eigenvalue weighted by Crippen LogP contribution is -2.57. The molecule has 0 N–H and O–H groups in total. The molecule has 30 heavy (non-hydrogen) atoms. The van der Waals surface area contributed by atoms with Crippen molar-refractivity contribution in [2.45, 2.75) is 104 Å². The summed E-state index contributed by atoms with van der Waals surface area (Å²) in [4.78, 5) is 25.9. The zero-order valence-electron chi connectivity index (χ0n) is 21.6. The molecule has 0 aliphatic rings. The summed E-state index contributed by atoms with van der Waals surface area (Å²) in [6.45, 7) is 26.6. The largest absolute Gasteiger partial charge is 0.520 e. The molecule has 0 rings (SSSR count). The third kappa shape index (κ3) is 13.2. The smallest absolute Gasteiger partial charge is 0.310 e. The molecule has 0 fully saturated rings. The topological polar surface area (TPSA) is 65.1 Å². The molecule has 0 heterocycles. The normalized spacial score (nSPS) is 14.6. The minimum absolute atomic E-state index is 0.0597. The quantitative estimate of drug-likeness (QED) is 0.326. The van der Waals surface area contributed by atoms with E-state index in [0.717, 1.165) is 25.6 Å². The Labute approximate surface area is 189 Å². The van der Waals surface area contributed by atoms with Crippen molar-refractivity contribution < 1.29 is 22.9 Å². The fraction of sp³-hybridized carbons (Fsp3) is 0.900. The maximum absolute atomic E-state index is 13.2. The summed E-state index contributed by atoms with van der Waals surface area (Å²) in [6, 6.07) is 0.445. The van der Waals surface area contributed by atoms with Gasteiger partial charge in [0.15, 0.2) is 8.32 Å². The second kappa shape index (κ2) is 11.6. The highest BCUT2D eigenvalue weighted by molar-refractivity contribution is 6.74. The predicted octanol–water partition coefficient (Wildman–Crippen LogP) is 5.27. The summed E-state index contributed by atoms with van der Waals surface area (Å²) in [5, 5.41) is 0. The second-order valence-corrected chi connectivity index (χ2v) is 29.6. The highest BCUT2D eigenvalue weighted by Crippen LogP contribution is 2.23. The van der Waals surface area contributed by atoms with Gasteiger partial charge in [0.25, 0.3) is 5.97 Å². The molecule has 0 spiro atoms. The van der Waals surface area contributed by atoms with E-state index in [2.05, 4.69) is 37.3 Å². The summed E-state index contributed by atoms with van der Waals surface area (Å²) in [5.74, 6) is -0.565. The van der Waals surface area contributed by atoms with Crippen LogP contribution in [0.15, 0.2) is 0 Å². The van der Waals surface area contributed by atoms with Crippen molar-refractivity contribution in [2.24, 2.45) is 0 Å². The number of rotatable bonds is 13. The maximum Gasteiger partial charge on any atom is 0.310 e. The molecular weight excluding hydrogens is 447 g/mol. The highest BCUT2D eigenvalue weighted by atomic mass is 28.4. The molecule has 10 heteroatoms. The maximum atomic E-state index is 13.2. The van der Waals surface area contributed by atoms with Gasteiger partial charge in [-0.1, -0.05) is 19.6 Å². The Hall–Kier alpha value is -0.272. The molecular formula is C20H47NO5Si4. The van der Waals surface area contributed by atoms with E-state index in [0.29, 0.717) is 0 Å². The van der Waals surface area contributed by atoms with Crippen LogP contribution in [0.4, 0.5) is 0 Å². The van der Waals surface area contributed by atoms with Crippen LogP contribution in [-0.2, 0) is 22.9 Å². The van der Waals surface area contributed by atoms with E-state index in [1.54, 1.807) is 0 Å². The van der Waals surface area contributed by atoms with E-state index in [1.165, 1.54) is 0 Å². The number of carbonyl (C=O) groups is 2. The van der Waals surface area contributed by atoms with Crippen LogP contribution in [0, 0.1) is 0 Å². The van der Waals surface area contributed by atoms with Gasteiger partial charge in [-0.3, -0.25) is 9.59 Å². The van der Waals surface area contributed by atoms with Crippen molar-refractivity contribution in [2.75, 3.05) is 13.2 Å². The summed E-state index contributed by atoms with van der Waals surface area (Å²) < 4.78 is 19.8. The van der Waals surface area contributed by atoms with Crippen molar-refractivity contribution in [3.05, 3.63) is 0 Å². The Kier molecular flexibility index (Phi) is 11.4. The molecule has 0 aliphatic heterocycles. The van der Waals surface area contributed by atoms with E-state index in [9.17, 15) is 9.59 Å². The van der Waals surface area contributed by atoms with Gasteiger partial charge in [-0.25, -0.2) is 0 Å². The van der Waals surface area contributed by atoms with E-state index < -0.39 is 39.2 Å². The third-order valence-electron chi connectivity index (χ3n) is 4.41. The summed E-state index contributed by atoms with van der Waals surface area (Å²) in [6.07, 6.45) is 1.01. The standard InChI is InChI=1S/C20H47NO5Si4/c1-13-24-30(11,12)16-14-15-21(27(2,3)4)18(20(23)26-29(8,9)10)17-19(22)25-28(5,6)7/h18H,13-17H2,1-12H3. The second-order valence-electron chi connectivity index (χ2n) is 11.5. The lowest BCUT2D eigenvalue weighted by Gasteiger charge is -2.40. The van der Waals surface area contributed by atoms with Crippen molar-refractivity contribution in [3.63, 3.8) is 0 Å². The first kappa shape index (κ1) is 29.7. The average Bonchev–Trinajstić information content (AvgIpc) is 2.44. The molecule has 0 bridgehead atoms. The Balaban J connectivity index is 5.64. The molecule has 0 saturated heterocycles. The van der Waals surface area contributed by atoms with Gasteiger partial charge >= 0.3 is 5.97 Å². The number of hydrogen-bond acceptors (Lipinski definition) is 6. The molecule has 0 aromatic carbocycles. The average molecular weight is 494 g/mol. The van der Waals surface area contributed by atoms with E-state index in [4.69, 9.17) is 13.3 Å². The fourth-order valence-corrected chi connectivity index (χ4v) is 8.73. The Bertz CT molecular complexity index is 565. The SMILES string of the molecule is CCO[Si](C)(C)CCCN(C(CC(=O)O[Si](C)(C)C)C(=O)O[Si](C)(C)C)[Si](C)(C)C. The molecule has 0 aliphatic carbocycles. The van der Waals surface area contributed by atoms with E-state index >= 15 is 0 Å². The zero-order chi connectivity index (χ0) is 24.0. The van der Waals surface area contributed by atoms with Gasteiger partial charge < -0.3 is 17.8 Å². The summed E-state index contributed by atoms with van der Waals surface area (Å²) >= 11 is 0. The highest BCUT2D eigenvalue weighted by Gasteiger charge is 2.39. The van der Waals surface area contributed by atoms with Crippen LogP contribution < -0.4 is 0 Å². The van der Waals surface area contributed by atoms with Crippen LogP contribution >= 0.6 is 0 Å². The fourth-order valence-electron chi connectivity index (χ4n) is 3.33. The lowest BCUT2D eigenvalue weighted by atomic mass is 10.2. The molecule has 0 aromatic rings. The van der Waals surface area contributed by atoms with Gasteiger partial charge in [0.05, 0.1) is 6.42 Å². The van der Waals surface area contributed by atoms with Gasteiger partial charge in [0.1, 0.15) is 14.3 Å². The molecule has 0 amide bonds. The molecule has 0 saturated carbocycles. The van der Waals surface area contributed by atoms with Gasteiger partial charge in [-0.15, -0.1) is 0 Å². The molecule has 6 nitrogen and oxygen atoms in total. The van der Waals surface area contributed by atoms with Crippen LogP contribution in [0.3, 0.4) is 0 Å². The van der Waals surface area contributed by atoms with Crippen LogP contribution in [0.2, 0.25) is 78.1 Å². The molecule has 1 unspecified atom stereocenters. The van der Waals surface area contributed by atoms with Crippen LogP contribution in [0.1, 0.15) is 19.8 Å². The minimum atomic E-state index is -2.08. The predicted molar refractivity (Wildman–Crippen MR) is 136 cm³/mol.